The zero-order chi connectivity index (χ0) is 11.0. The summed E-state index contributed by atoms with van der Waals surface area (Å²) in [5, 5.41) is 2.46. The SMILES string of the molecule is CCN(CC)C(=O)CCNC(=O)OC. The van der Waals surface area contributed by atoms with Gasteiger partial charge in [0.05, 0.1) is 7.11 Å². The Bertz CT molecular complexity index is 190. The number of hydrogen-bond acceptors (Lipinski definition) is 3. The lowest BCUT2D eigenvalue weighted by atomic mass is 10.3. The van der Waals surface area contributed by atoms with E-state index in [-0.39, 0.29) is 5.91 Å². The molecule has 0 heterocycles. The highest BCUT2D eigenvalue weighted by atomic mass is 16.5. The number of rotatable bonds is 5. The van der Waals surface area contributed by atoms with E-state index in [1.807, 2.05) is 13.8 Å². The van der Waals surface area contributed by atoms with Gasteiger partial charge in [-0.2, -0.15) is 0 Å². The van der Waals surface area contributed by atoms with Gasteiger partial charge in [0, 0.05) is 26.1 Å². The standard InChI is InChI=1S/C9H18N2O3/c1-4-11(5-2)8(12)6-7-10-9(13)14-3/h4-7H2,1-3H3,(H,10,13). The molecule has 0 aliphatic carbocycles. The average molecular weight is 202 g/mol. The second kappa shape index (κ2) is 7.17. The Hall–Kier alpha value is -1.26. The summed E-state index contributed by atoms with van der Waals surface area (Å²) in [6.07, 6.45) is -0.186. The van der Waals surface area contributed by atoms with Gasteiger partial charge in [0.25, 0.3) is 0 Å². The molecule has 0 rings (SSSR count). The van der Waals surface area contributed by atoms with Crippen molar-refractivity contribution < 1.29 is 14.3 Å². The average Bonchev–Trinajstić information content (AvgIpc) is 2.19. The van der Waals surface area contributed by atoms with Gasteiger partial charge in [-0.3, -0.25) is 4.79 Å². The topological polar surface area (TPSA) is 58.6 Å². The number of ether oxygens (including phenoxy) is 1. The van der Waals surface area contributed by atoms with Crippen molar-refractivity contribution >= 4 is 12.0 Å². The maximum absolute atomic E-state index is 11.4. The molecule has 82 valence electrons. The Morgan fingerprint density at radius 1 is 1.29 bits per heavy atom. The summed E-state index contributed by atoms with van der Waals surface area (Å²) in [6, 6.07) is 0. The van der Waals surface area contributed by atoms with Crippen LogP contribution in [0, 0.1) is 0 Å². The third-order valence-electron chi connectivity index (χ3n) is 1.91. The van der Waals surface area contributed by atoms with Crippen molar-refractivity contribution in [2.24, 2.45) is 0 Å². The quantitative estimate of drug-likeness (QED) is 0.710. The number of carbonyl (C=O) groups excluding carboxylic acids is 2. The van der Waals surface area contributed by atoms with Crippen LogP contribution < -0.4 is 5.32 Å². The molecular weight excluding hydrogens is 184 g/mol. The lowest BCUT2D eigenvalue weighted by Crippen LogP contribution is -2.34. The van der Waals surface area contributed by atoms with E-state index in [4.69, 9.17) is 0 Å². The van der Waals surface area contributed by atoms with Crippen LogP contribution in [0.1, 0.15) is 20.3 Å². The molecule has 0 aromatic rings. The first-order valence-electron chi connectivity index (χ1n) is 4.75. The fraction of sp³-hybridized carbons (Fsp3) is 0.778. The van der Waals surface area contributed by atoms with Gasteiger partial charge in [-0.05, 0) is 13.8 Å². The van der Waals surface area contributed by atoms with Crippen LogP contribution in [0.2, 0.25) is 0 Å². The van der Waals surface area contributed by atoms with E-state index in [0.717, 1.165) is 0 Å². The highest BCUT2D eigenvalue weighted by Crippen LogP contribution is 1.92. The van der Waals surface area contributed by atoms with Crippen molar-refractivity contribution in [2.75, 3.05) is 26.7 Å². The Labute approximate surface area is 84.4 Å². The molecule has 2 amide bonds. The van der Waals surface area contributed by atoms with E-state index in [0.29, 0.717) is 26.1 Å². The van der Waals surface area contributed by atoms with Crippen LogP contribution in [0.3, 0.4) is 0 Å². The predicted octanol–water partition coefficient (Wildman–Crippen LogP) is 0.601. The Morgan fingerprint density at radius 3 is 2.29 bits per heavy atom. The van der Waals surface area contributed by atoms with Crippen LogP contribution >= 0.6 is 0 Å². The maximum atomic E-state index is 11.4. The molecule has 0 unspecified atom stereocenters. The second-order valence-corrected chi connectivity index (χ2v) is 2.73. The Morgan fingerprint density at radius 2 is 1.86 bits per heavy atom. The van der Waals surface area contributed by atoms with E-state index < -0.39 is 6.09 Å². The number of alkyl carbamates (subject to hydrolysis) is 1. The first kappa shape index (κ1) is 12.7. The molecule has 0 saturated heterocycles. The predicted molar refractivity (Wildman–Crippen MR) is 53.0 cm³/mol. The minimum Gasteiger partial charge on any atom is -0.453 e. The van der Waals surface area contributed by atoms with Gasteiger partial charge in [0.2, 0.25) is 5.91 Å². The van der Waals surface area contributed by atoms with Crippen LogP contribution in [0.15, 0.2) is 0 Å². The largest absolute Gasteiger partial charge is 0.453 e. The molecule has 0 atom stereocenters. The fourth-order valence-corrected chi connectivity index (χ4v) is 1.08. The van der Waals surface area contributed by atoms with Crippen LogP contribution in [0.25, 0.3) is 0 Å². The highest BCUT2D eigenvalue weighted by Gasteiger charge is 2.09. The zero-order valence-electron chi connectivity index (χ0n) is 9.00. The summed E-state index contributed by atoms with van der Waals surface area (Å²) >= 11 is 0. The number of hydrogen-bond donors (Lipinski definition) is 1. The highest BCUT2D eigenvalue weighted by molar-refractivity contribution is 5.77. The van der Waals surface area contributed by atoms with E-state index >= 15 is 0 Å². The third kappa shape index (κ3) is 4.69. The number of nitrogens with zero attached hydrogens (tertiary/aromatic N) is 1. The molecule has 0 aromatic carbocycles. The van der Waals surface area contributed by atoms with Gasteiger partial charge >= 0.3 is 6.09 Å². The summed E-state index contributed by atoms with van der Waals surface area (Å²) in [4.78, 5) is 23.8. The van der Waals surface area contributed by atoms with Gasteiger partial charge in [-0.1, -0.05) is 0 Å². The van der Waals surface area contributed by atoms with Crippen LogP contribution in [-0.2, 0) is 9.53 Å². The first-order chi connectivity index (χ1) is 6.65. The van der Waals surface area contributed by atoms with Crippen molar-refractivity contribution in [3.05, 3.63) is 0 Å². The van der Waals surface area contributed by atoms with E-state index in [9.17, 15) is 9.59 Å². The van der Waals surface area contributed by atoms with Gasteiger partial charge in [-0.25, -0.2) is 4.79 Å². The summed E-state index contributed by atoms with van der Waals surface area (Å²) in [7, 11) is 1.29. The van der Waals surface area contributed by atoms with Crippen molar-refractivity contribution in [2.45, 2.75) is 20.3 Å². The molecule has 14 heavy (non-hydrogen) atoms. The molecule has 0 fully saturated rings. The van der Waals surface area contributed by atoms with Gasteiger partial charge in [0.1, 0.15) is 0 Å². The summed E-state index contributed by atoms with van der Waals surface area (Å²) in [5.41, 5.74) is 0. The Kier molecular flexibility index (Phi) is 6.53. The maximum Gasteiger partial charge on any atom is 0.406 e. The number of methoxy groups -OCH3 is 1. The molecule has 0 aromatic heterocycles. The van der Waals surface area contributed by atoms with Crippen molar-refractivity contribution in [3.8, 4) is 0 Å². The molecule has 1 N–H and O–H groups in total. The molecule has 0 saturated carbocycles. The van der Waals surface area contributed by atoms with Crippen LogP contribution in [0.4, 0.5) is 4.79 Å². The zero-order valence-corrected chi connectivity index (χ0v) is 9.00. The number of carbonyl (C=O) groups is 2. The minimum atomic E-state index is -0.502. The summed E-state index contributed by atoms with van der Waals surface area (Å²) in [5.74, 6) is 0.0476. The summed E-state index contributed by atoms with van der Waals surface area (Å²) in [6.45, 7) is 5.58. The molecule has 0 aliphatic heterocycles. The first-order valence-corrected chi connectivity index (χ1v) is 4.75. The van der Waals surface area contributed by atoms with Gasteiger partial charge in [0.15, 0.2) is 0 Å². The summed E-state index contributed by atoms with van der Waals surface area (Å²) < 4.78 is 4.37. The Balaban J connectivity index is 3.67. The van der Waals surface area contributed by atoms with Crippen LogP contribution in [0.5, 0.6) is 0 Å². The minimum absolute atomic E-state index is 0.0476. The van der Waals surface area contributed by atoms with Crippen molar-refractivity contribution in [3.63, 3.8) is 0 Å². The van der Waals surface area contributed by atoms with Crippen molar-refractivity contribution in [1.82, 2.24) is 10.2 Å². The number of nitrogens with one attached hydrogen (secondary N) is 1. The van der Waals surface area contributed by atoms with E-state index in [1.54, 1.807) is 4.90 Å². The molecule has 0 aliphatic rings. The second-order valence-electron chi connectivity index (χ2n) is 2.73. The lowest BCUT2D eigenvalue weighted by Gasteiger charge is -2.18. The van der Waals surface area contributed by atoms with Crippen LogP contribution in [-0.4, -0.2) is 43.6 Å². The molecule has 5 heteroatoms. The van der Waals surface area contributed by atoms with Gasteiger partial charge in [-0.15, -0.1) is 0 Å². The van der Waals surface area contributed by atoms with Crippen molar-refractivity contribution in [1.29, 1.82) is 0 Å². The van der Waals surface area contributed by atoms with E-state index in [1.165, 1.54) is 7.11 Å². The fourth-order valence-electron chi connectivity index (χ4n) is 1.08. The normalized spacial score (nSPS) is 9.36. The van der Waals surface area contributed by atoms with Gasteiger partial charge < -0.3 is 15.0 Å². The molecule has 0 spiro atoms. The number of amides is 2. The molecule has 0 radical (unpaired) electrons. The molecule has 0 bridgehead atoms. The molecular formula is C9H18N2O3. The van der Waals surface area contributed by atoms with E-state index in [2.05, 4.69) is 10.1 Å². The lowest BCUT2D eigenvalue weighted by molar-refractivity contribution is -0.130. The smallest absolute Gasteiger partial charge is 0.406 e. The molecule has 5 nitrogen and oxygen atoms in total. The monoisotopic (exact) mass is 202 g/mol. The third-order valence-corrected chi connectivity index (χ3v) is 1.91.